The third kappa shape index (κ3) is 6.34. The Balaban J connectivity index is 1.35. The number of hydrogen-bond acceptors (Lipinski definition) is 7. The third-order valence-corrected chi connectivity index (χ3v) is 5.46. The molecule has 0 amide bonds. The molecule has 0 unspecified atom stereocenters. The van der Waals surface area contributed by atoms with Gasteiger partial charge in [0.2, 0.25) is 0 Å². The van der Waals surface area contributed by atoms with Crippen molar-refractivity contribution in [3.8, 4) is 0 Å². The zero-order valence-corrected chi connectivity index (χ0v) is 17.6. The Morgan fingerprint density at radius 2 is 1.79 bits per heavy atom. The molecule has 0 radical (unpaired) electrons. The van der Waals surface area contributed by atoms with Crippen LogP contribution in [0.4, 0.5) is 11.5 Å². The molecule has 3 heterocycles. The molecular weight excluding hydrogens is 354 g/mol. The van der Waals surface area contributed by atoms with Crippen molar-refractivity contribution in [2.75, 3.05) is 63.0 Å². The van der Waals surface area contributed by atoms with Crippen LogP contribution in [0.3, 0.4) is 0 Å². The number of esters is 1. The minimum atomic E-state index is -0.403. The molecule has 0 spiro atoms. The number of pyridine rings is 1. The number of rotatable bonds is 5. The van der Waals surface area contributed by atoms with E-state index < -0.39 is 5.60 Å². The lowest BCUT2D eigenvalue weighted by Crippen LogP contribution is -2.49. The fraction of sp³-hybridized carbons (Fsp3) is 0.714. The first-order valence-corrected chi connectivity index (χ1v) is 10.4. The van der Waals surface area contributed by atoms with E-state index in [-0.39, 0.29) is 5.97 Å². The number of piperidine rings is 1. The summed E-state index contributed by atoms with van der Waals surface area (Å²) in [5, 5.41) is 0. The van der Waals surface area contributed by atoms with Gasteiger partial charge in [-0.15, -0.1) is 0 Å². The summed E-state index contributed by atoms with van der Waals surface area (Å²) >= 11 is 0. The maximum absolute atomic E-state index is 12.0. The van der Waals surface area contributed by atoms with Gasteiger partial charge in [0.1, 0.15) is 11.4 Å². The van der Waals surface area contributed by atoms with Crippen molar-refractivity contribution in [1.29, 1.82) is 0 Å². The molecule has 0 bridgehead atoms. The first-order valence-electron chi connectivity index (χ1n) is 10.4. The van der Waals surface area contributed by atoms with Crippen LogP contribution in [0.15, 0.2) is 18.3 Å². The Morgan fingerprint density at radius 3 is 2.36 bits per heavy atom. The number of nitrogens with zero attached hydrogens (tertiary/aromatic N) is 4. The fourth-order valence-electron chi connectivity index (χ4n) is 3.99. The lowest BCUT2D eigenvalue weighted by Gasteiger charge is -2.39. The van der Waals surface area contributed by atoms with Crippen molar-refractivity contribution in [3.05, 3.63) is 18.3 Å². The molecule has 3 rings (SSSR count). The average molecular weight is 390 g/mol. The van der Waals surface area contributed by atoms with E-state index in [4.69, 9.17) is 10.5 Å². The van der Waals surface area contributed by atoms with Gasteiger partial charge in [-0.05, 0) is 64.8 Å². The van der Waals surface area contributed by atoms with Gasteiger partial charge in [-0.1, -0.05) is 0 Å². The zero-order chi connectivity index (χ0) is 20.1. The van der Waals surface area contributed by atoms with E-state index in [1.165, 1.54) is 0 Å². The molecule has 0 saturated carbocycles. The molecule has 2 aliphatic rings. The average Bonchev–Trinajstić information content (AvgIpc) is 2.63. The number of piperazine rings is 1. The molecule has 0 atom stereocenters. The number of aromatic nitrogens is 1. The predicted octanol–water partition coefficient (Wildman–Crippen LogP) is 1.84. The highest BCUT2D eigenvalue weighted by molar-refractivity contribution is 5.72. The van der Waals surface area contributed by atoms with E-state index in [9.17, 15) is 4.79 Å². The van der Waals surface area contributed by atoms with E-state index in [2.05, 4.69) is 19.7 Å². The summed E-state index contributed by atoms with van der Waals surface area (Å²) in [5.74, 6) is 1.62. The number of hydrogen-bond donors (Lipinski definition) is 1. The van der Waals surface area contributed by atoms with Crippen LogP contribution in [0, 0.1) is 5.92 Å². The third-order valence-electron chi connectivity index (χ3n) is 5.46. The molecule has 1 aromatic heterocycles. The molecule has 1 aromatic rings. The van der Waals surface area contributed by atoms with Crippen molar-refractivity contribution in [2.45, 2.75) is 39.2 Å². The summed E-state index contributed by atoms with van der Waals surface area (Å²) in [7, 11) is 0. The minimum absolute atomic E-state index is 0.113. The maximum Gasteiger partial charge on any atom is 0.320 e. The van der Waals surface area contributed by atoms with E-state index in [0.29, 0.717) is 12.2 Å². The highest BCUT2D eigenvalue weighted by Crippen LogP contribution is 2.21. The Labute approximate surface area is 168 Å². The second-order valence-corrected chi connectivity index (χ2v) is 9.04. The number of nitrogens with two attached hydrogens (primary N) is 1. The molecule has 28 heavy (non-hydrogen) atoms. The van der Waals surface area contributed by atoms with Gasteiger partial charge in [-0.25, -0.2) is 4.98 Å². The summed E-state index contributed by atoms with van der Waals surface area (Å²) in [4.78, 5) is 23.6. The van der Waals surface area contributed by atoms with Crippen LogP contribution in [-0.2, 0) is 9.53 Å². The predicted molar refractivity (Wildman–Crippen MR) is 112 cm³/mol. The van der Waals surface area contributed by atoms with Gasteiger partial charge in [0.25, 0.3) is 0 Å². The van der Waals surface area contributed by atoms with Gasteiger partial charge in [0, 0.05) is 32.7 Å². The highest BCUT2D eigenvalue weighted by Gasteiger charge is 2.26. The molecule has 0 aromatic carbocycles. The number of nitrogen functional groups attached to an aromatic ring is 1. The van der Waals surface area contributed by atoms with Gasteiger partial charge in [-0.3, -0.25) is 14.6 Å². The van der Waals surface area contributed by atoms with Crippen molar-refractivity contribution in [2.24, 2.45) is 5.92 Å². The van der Waals surface area contributed by atoms with Crippen LogP contribution in [0.5, 0.6) is 0 Å². The summed E-state index contributed by atoms with van der Waals surface area (Å²) in [6.45, 7) is 13.5. The van der Waals surface area contributed by atoms with Gasteiger partial charge in [0.05, 0.1) is 18.4 Å². The topological polar surface area (TPSA) is 74.9 Å². The number of carbonyl (C=O) groups is 1. The number of likely N-dealkylation sites (tertiary alicyclic amines) is 1. The van der Waals surface area contributed by atoms with Crippen LogP contribution in [0.25, 0.3) is 0 Å². The molecule has 7 nitrogen and oxygen atoms in total. The fourth-order valence-corrected chi connectivity index (χ4v) is 3.99. The van der Waals surface area contributed by atoms with Gasteiger partial charge >= 0.3 is 5.97 Å². The molecule has 2 N–H and O–H groups in total. The summed E-state index contributed by atoms with van der Waals surface area (Å²) in [5.41, 5.74) is 6.03. The van der Waals surface area contributed by atoms with E-state index in [1.54, 1.807) is 6.20 Å². The summed E-state index contributed by atoms with van der Waals surface area (Å²) in [6, 6.07) is 3.92. The lowest BCUT2D eigenvalue weighted by atomic mass is 9.96. The van der Waals surface area contributed by atoms with Crippen molar-refractivity contribution >= 4 is 17.5 Å². The smallest absolute Gasteiger partial charge is 0.320 e. The molecule has 7 heteroatoms. The normalized spacial score (nSPS) is 20.3. The van der Waals surface area contributed by atoms with Crippen LogP contribution in [-0.4, -0.2) is 78.7 Å². The van der Waals surface area contributed by atoms with Crippen LogP contribution >= 0.6 is 0 Å². The zero-order valence-electron chi connectivity index (χ0n) is 17.6. The largest absolute Gasteiger partial charge is 0.459 e. The molecule has 156 valence electrons. The minimum Gasteiger partial charge on any atom is -0.459 e. The standard InChI is InChI=1S/C21H35N5O2/c1-21(2,3)28-20(27)16-24-8-6-17(7-9-24)15-25-10-12-26(13-11-25)19-5-4-18(22)14-23-19/h4-5,14,17H,6-13,15-16,22H2,1-3H3. The number of carbonyl (C=O) groups excluding carboxylic acids is 1. The lowest BCUT2D eigenvalue weighted by molar-refractivity contribution is -0.156. The van der Waals surface area contributed by atoms with Crippen molar-refractivity contribution in [3.63, 3.8) is 0 Å². The van der Waals surface area contributed by atoms with E-state index in [1.807, 2.05) is 32.9 Å². The molecule has 2 saturated heterocycles. The highest BCUT2D eigenvalue weighted by atomic mass is 16.6. The van der Waals surface area contributed by atoms with Crippen LogP contribution in [0.1, 0.15) is 33.6 Å². The first kappa shape index (κ1) is 20.9. The molecule has 2 aliphatic heterocycles. The Hall–Kier alpha value is -1.86. The maximum atomic E-state index is 12.0. The Morgan fingerprint density at radius 1 is 1.11 bits per heavy atom. The van der Waals surface area contributed by atoms with Gasteiger partial charge in [0.15, 0.2) is 0 Å². The molecular formula is C21H35N5O2. The quantitative estimate of drug-likeness (QED) is 0.770. The van der Waals surface area contributed by atoms with Gasteiger partial charge in [-0.2, -0.15) is 0 Å². The van der Waals surface area contributed by atoms with Crippen LogP contribution in [0.2, 0.25) is 0 Å². The summed E-state index contributed by atoms with van der Waals surface area (Å²) in [6.07, 6.45) is 4.04. The number of anilines is 2. The van der Waals surface area contributed by atoms with Crippen molar-refractivity contribution in [1.82, 2.24) is 14.8 Å². The molecule has 2 fully saturated rings. The Kier molecular flexibility index (Phi) is 6.78. The Bertz CT molecular complexity index is 627. The first-order chi connectivity index (χ1) is 13.3. The van der Waals surface area contributed by atoms with Gasteiger partial charge < -0.3 is 15.4 Å². The second-order valence-electron chi connectivity index (χ2n) is 9.04. The second kappa shape index (κ2) is 9.09. The SMILES string of the molecule is CC(C)(C)OC(=O)CN1CCC(CN2CCN(c3ccc(N)cn3)CC2)CC1. The monoisotopic (exact) mass is 389 g/mol. The summed E-state index contributed by atoms with van der Waals surface area (Å²) < 4.78 is 5.44. The number of ether oxygens (including phenoxy) is 1. The van der Waals surface area contributed by atoms with Crippen molar-refractivity contribution < 1.29 is 9.53 Å². The molecule has 0 aliphatic carbocycles. The van der Waals surface area contributed by atoms with E-state index in [0.717, 1.165) is 70.4 Å². The van der Waals surface area contributed by atoms with E-state index >= 15 is 0 Å². The van der Waals surface area contributed by atoms with Crippen LogP contribution < -0.4 is 10.6 Å².